The zero-order chi connectivity index (χ0) is 17.0. The number of carbonyl (C=O) groups excluding carboxylic acids is 1. The topological polar surface area (TPSA) is 92.4 Å². The molecule has 7 heteroatoms. The summed E-state index contributed by atoms with van der Waals surface area (Å²) in [4.78, 5) is 20.1. The van der Waals surface area contributed by atoms with E-state index in [1.807, 2.05) is 48.5 Å². The lowest BCUT2D eigenvalue weighted by atomic mass is 10.2. The van der Waals surface area contributed by atoms with Gasteiger partial charge in [-0.1, -0.05) is 36.4 Å². The number of rotatable bonds is 8. The molecule has 0 bridgehead atoms. The maximum atomic E-state index is 11.7. The highest BCUT2D eigenvalue weighted by Crippen LogP contribution is 1.97. The summed E-state index contributed by atoms with van der Waals surface area (Å²) in [6.07, 6.45) is 2.85. The predicted octanol–water partition coefficient (Wildman–Crippen LogP) is 1.85. The van der Waals surface area contributed by atoms with E-state index in [1.54, 1.807) is 6.20 Å². The second-order valence-electron chi connectivity index (χ2n) is 5.28. The van der Waals surface area contributed by atoms with Gasteiger partial charge >= 0.3 is 0 Å². The molecule has 2 aromatic rings. The molecular weight excluding hydrogens is 429 g/mol. The summed E-state index contributed by atoms with van der Waals surface area (Å²) >= 11 is 0. The third-order valence-electron chi connectivity index (χ3n) is 3.37. The van der Waals surface area contributed by atoms with E-state index >= 15 is 0 Å². The molecule has 1 heterocycles. The smallest absolute Gasteiger partial charge is 0.222 e. The summed E-state index contributed by atoms with van der Waals surface area (Å²) in [5.41, 5.74) is 7.85. The molecule has 0 saturated heterocycles. The normalized spacial score (nSPS) is 10.6. The molecular formula is C18H24IN5O. The zero-order valence-corrected chi connectivity index (χ0v) is 16.4. The van der Waals surface area contributed by atoms with Gasteiger partial charge in [0.2, 0.25) is 5.91 Å². The quantitative estimate of drug-likeness (QED) is 0.323. The number of pyridine rings is 1. The number of amides is 1. The number of nitrogens with two attached hydrogens (primary N) is 1. The number of halogens is 1. The van der Waals surface area contributed by atoms with Gasteiger partial charge in [-0.2, -0.15) is 0 Å². The third-order valence-corrected chi connectivity index (χ3v) is 3.37. The first kappa shape index (κ1) is 20.9. The Kier molecular flexibility index (Phi) is 10.2. The largest absolute Gasteiger partial charge is 0.370 e. The first-order valence-corrected chi connectivity index (χ1v) is 7.98. The number of nitrogens with one attached hydrogen (secondary N) is 2. The number of aliphatic imine (C=N–C) groups is 1. The van der Waals surface area contributed by atoms with E-state index in [2.05, 4.69) is 20.6 Å². The Bertz CT molecular complexity index is 649. The van der Waals surface area contributed by atoms with Crippen molar-refractivity contribution in [3.8, 4) is 0 Å². The van der Waals surface area contributed by atoms with E-state index in [0.29, 0.717) is 32.0 Å². The van der Waals surface area contributed by atoms with Gasteiger partial charge in [0.15, 0.2) is 5.96 Å². The summed E-state index contributed by atoms with van der Waals surface area (Å²) < 4.78 is 0. The van der Waals surface area contributed by atoms with Crippen LogP contribution < -0.4 is 16.4 Å². The number of nitrogens with zero attached hydrogens (tertiary/aromatic N) is 2. The van der Waals surface area contributed by atoms with Crippen molar-refractivity contribution in [1.82, 2.24) is 15.6 Å². The van der Waals surface area contributed by atoms with Crippen LogP contribution in [-0.2, 0) is 17.8 Å². The first-order chi connectivity index (χ1) is 11.7. The van der Waals surface area contributed by atoms with Crippen molar-refractivity contribution in [3.05, 3.63) is 66.0 Å². The highest BCUT2D eigenvalue weighted by atomic mass is 127. The van der Waals surface area contributed by atoms with Crippen molar-refractivity contribution in [2.45, 2.75) is 19.4 Å². The van der Waals surface area contributed by atoms with E-state index in [1.165, 1.54) is 0 Å². The molecule has 1 amide bonds. The van der Waals surface area contributed by atoms with Gasteiger partial charge in [-0.25, -0.2) is 0 Å². The molecule has 25 heavy (non-hydrogen) atoms. The van der Waals surface area contributed by atoms with Crippen LogP contribution in [0.4, 0.5) is 0 Å². The number of aromatic nitrogens is 1. The molecule has 1 aromatic heterocycles. The Balaban J connectivity index is 0.00000312. The summed E-state index contributed by atoms with van der Waals surface area (Å²) in [6.45, 7) is 1.55. The van der Waals surface area contributed by atoms with E-state index in [9.17, 15) is 4.79 Å². The van der Waals surface area contributed by atoms with Crippen LogP contribution in [0.2, 0.25) is 0 Å². The summed E-state index contributed by atoms with van der Waals surface area (Å²) in [7, 11) is 0. The van der Waals surface area contributed by atoms with Gasteiger partial charge in [0.25, 0.3) is 0 Å². The lowest BCUT2D eigenvalue weighted by molar-refractivity contribution is -0.121. The van der Waals surface area contributed by atoms with Gasteiger partial charge in [0.05, 0.1) is 6.54 Å². The van der Waals surface area contributed by atoms with Crippen molar-refractivity contribution < 1.29 is 4.79 Å². The molecule has 0 unspecified atom stereocenters. The number of hydrogen-bond donors (Lipinski definition) is 3. The van der Waals surface area contributed by atoms with Crippen LogP contribution in [0.15, 0.2) is 59.7 Å². The van der Waals surface area contributed by atoms with Crippen LogP contribution in [0, 0.1) is 0 Å². The van der Waals surface area contributed by atoms with E-state index < -0.39 is 0 Å². The standard InChI is InChI=1S/C18H23N5O.HI/c19-18(21-12-9-16-8-4-5-11-20-16)22-13-10-17(24)23-14-15-6-2-1-3-7-15;/h1-8,11H,9-10,12-14H2,(H,23,24)(H3,19,21,22);1H. The molecule has 2 rings (SSSR count). The molecule has 0 saturated carbocycles. The molecule has 6 nitrogen and oxygen atoms in total. The van der Waals surface area contributed by atoms with Gasteiger partial charge in [0.1, 0.15) is 0 Å². The molecule has 0 aliphatic heterocycles. The average molecular weight is 453 g/mol. The second kappa shape index (κ2) is 12.2. The Morgan fingerprint density at radius 2 is 1.84 bits per heavy atom. The summed E-state index contributed by atoms with van der Waals surface area (Å²) in [5, 5.41) is 5.88. The lowest BCUT2D eigenvalue weighted by Gasteiger charge is -2.06. The van der Waals surface area contributed by atoms with E-state index in [0.717, 1.165) is 17.7 Å². The van der Waals surface area contributed by atoms with Gasteiger partial charge in [-0.3, -0.25) is 14.8 Å². The Hall–Kier alpha value is -2.16. The van der Waals surface area contributed by atoms with Crippen LogP contribution in [0.5, 0.6) is 0 Å². The van der Waals surface area contributed by atoms with Crippen LogP contribution in [0.25, 0.3) is 0 Å². The minimum absolute atomic E-state index is 0. The first-order valence-electron chi connectivity index (χ1n) is 7.98. The molecule has 0 spiro atoms. The zero-order valence-electron chi connectivity index (χ0n) is 14.0. The SMILES string of the molecule is I.NC(=NCCC(=O)NCc1ccccc1)NCCc1ccccn1. The van der Waals surface area contributed by atoms with Crippen LogP contribution in [-0.4, -0.2) is 29.9 Å². The number of benzene rings is 1. The fourth-order valence-corrected chi connectivity index (χ4v) is 2.08. The number of guanidine groups is 1. The molecule has 0 aliphatic rings. The van der Waals surface area contributed by atoms with Gasteiger partial charge in [-0.15, -0.1) is 24.0 Å². The van der Waals surface area contributed by atoms with Crippen molar-refractivity contribution in [2.24, 2.45) is 10.7 Å². The maximum absolute atomic E-state index is 11.7. The highest BCUT2D eigenvalue weighted by molar-refractivity contribution is 14.0. The number of hydrogen-bond acceptors (Lipinski definition) is 3. The van der Waals surface area contributed by atoms with E-state index in [-0.39, 0.29) is 29.9 Å². The monoisotopic (exact) mass is 453 g/mol. The molecule has 134 valence electrons. The van der Waals surface area contributed by atoms with Crippen LogP contribution >= 0.6 is 24.0 Å². The lowest BCUT2D eigenvalue weighted by Crippen LogP contribution is -2.33. The summed E-state index contributed by atoms with van der Waals surface area (Å²) in [6, 6.07) is 15.6. The fraction of sp³-hybridized carbons (Fsp3) is 0.278. The van der Waals surface area contributed by atoms with E-state index in [4.69, 9.17) is 5.73 Å². The van der Waals surface area contributed by atoms with Crippen molar-refractivity contribution in [1.29, 1.82) is 0 Å². The Morgan fingerprint density at radius 1 is 1.08 bits per heavy atom. The molecule has 0 aliphatic carbocycles. The minimum atomic E-state index is -0.0381. The second-order valence-corrected chi connectivity index (χ2v) is 5.28. The summed E-state index contributed by atoms with van der Waals surface area (Å²) in [5.74, 6) is 0.311. The third kappa shape index (κ3) is 9.04. The number of carbonyl (C=O) groups is 1. The van der Waals surface area contributed by atoms with Gasteiger partial charge in [-0.05, 0) is 17.7 Å². The average Bonchev–Trinajstić information content (AvgIpc) is 2.62. The molecule has 0 fully saturated rings. The van der Waals surface area contributed by atoms with Crippen LogP contribution in [0.3, 0.4) is 0 Å². The highest BCUT2D eigenvalue weighted by Gasteiger charge is 2.01. The fourth-order valence-electron chi connectivity index (χ4n) is 2.08. The molecule has 0 atom stereocenters. The Morgan fingerprint density at radius 3 is 2.56 bits per heavy atom. The van der Waals surface area contributed by atoms with Crippen molar-refractivity contribution in [3.63, 3.8) is 0 Å². The Labute approximate surface area is 165 Å². The van der Waals surface area contributed by atoms with Gasteiger partial charge in [0, 0.05) is 37.8 Å². The molecule has 4 N–H and O–H groups in total. The van der Waals surface area contributed by atoms with Crippen molar-refractivity contribution in [2.75, 3.05) is 13.1 Å². The van der Waals surface area contributed by atoms with Gasteiger partial charge < -0.3 is 16.4 Å². The minimum Gasteiger partial charge on any atom is -0.370 e. The van der Waals surface area contributed by atoms with Crippen LogP contribution in [0.1, 0.15) is 17.7 Å². The molecule has 1 aromatic carbocycles. The predicted molar refractivity (Wildman–Crippen MR) is 111 cm³/mol. The molecule has 0 radical (unpaired) electrons. The van der Waals surface area contributed by atoms with Crippen molar-refractivity contribution >= 4 is 35.8 Å². The maximum Gasteiger partial charge on any atom is 0.222 e.